The molecule has 26 heavy (non-hydrogen) atoms. The van der Waals surface area contributed by atoms with Crippen LogP contribution in [-0.2, 0) is 11.1 Å². The first-order chi connectivity index (χ1) is 12.6. The van der Waals surface area contributed by atoms with Crippen molar-refractivity contribution in [3.05, 3.63) is 77.9 Å². The normalized spacial score (nSPS) is 35.7. The zero-order valence-corrected chi connectivity index (χ0v) is 15.5. The second kappa shape index (κ2) is 5.06. The molecule has 132 valence electrons. The molecule has 3 heteroatoms. The summed E-state index contributed by atoms with van der Waals surface area (Å²) >= 11 is 0. The summed E-state index contributed by atoms with van der Waals surface area (Å²) in [7, 11) is 1.71. The van der Waals surface area contributed by atoms with Gasteiger partial charge in [0.25, 0.3) is 0 Å². The van der Waals surface area contributed by atoms with E-state index in [4.69, 9.17) is 15.0 Å². The van der Waals surface area contributed by atoms with E-state index in [-0.39, 0.29) is 16.5 Å². The van der Waals surface area contributed by atoms with Crippen LogP contribution in [0.4, 0.5) is 0 Å². The Hall–Kier alpha value is -2.42. The third kappa shape index (κ3) is 1.56. The molecule has 1 heterocycles. The van der Waals surface area contributed by atoms with E-state index < -0.39 is 0 Å². The molecule has 2 aromatic carbocycles. The lowest BCUT2D eigenvalue weighted by Crippen LogP contribution is -2.44. The number of hydrogen-bond donors (Lipinski definition) is 0. The lowest BCUT2D eigenvalue weighted by molar-refractivity contribution is 0.150. The average Bonchev–Trinajstić information content (AvgIpc) is 3.30. The second-order valence-electron chi connectivity index (χ2n) is 8.25. The van der Waals surface area contributed by atoms with E-state index in [9.17, 15) is 0 Å². The van der Waals surface area contributed by atoms with Crippen LogP contribution in [0, 0.1) is 17.3 Å². The summed E-state index contributed by atoms with van der Waals surface area (Å²) in [5.74, 6) is 1.71. The van der Waals surface area contributed by atoms with Gasteiger partial charge in [-0.25, -0.2) is 0 Å². The number of azo groups is 1. The summed E-state index contributed by atoms with van der Waals surface area (Å²) in [6.45, 7) is 4.72. The van der Waals surface area contributed by atoms with Gasteiger partial charge >= 0.3 is 0 Å². The molecule has 0 N–H and O–H groups in total. The predicted molar refractivity (Wildman–Crippen MR) is 102 cm³/mol. The molecule has 1 saturated carbocycles. The molecule has 3 aliphatic rings. The van der Waals surface area contributed by atoms with Gasteiger partial charge in [0.1, 0.15) is 16.8 Å². The Morgan fingerprint density at radius 3 is 2.23 bits per heavy atom. The number of benzene rings is 2. The summed E-state index contributed by atoms with van der Waals surface area (Å²) in [5.41, 5.74) is 1.81. The van der Waals surface area contributed by atoms with Gasteiger partial charge in [0.2, 0.25) is 0 Å². The minimum atomic E-state index is -0.327. The molecule has 2 aliphatic carbocycles. The highest BCUT2D eigenvalue weighted by atomic mass is 16.5. The fraction of sp³-hybridized carbons (Fsp3) is 0.391. The first-order valence-electron chi connectivity index (χ1n) is 9.39. The zero-order chi connectivity index (χ0) is 18.0. The van der Waals surface area contributed by atoms with Gasteiger partial charge in [0, 0.05) is 17.3 Å². The highest BCUT2D eigenvalue weighted by Crippen LogP contribution is 2.76. The Kier molecular flexibility index (Phi) is 3.08. The molecule has 1 fully saturated rings. The van der Waals surface area contributed by atoms with Crippen molar-refractivity contribution >= 4 is 0 Å². The van der Waals surface area contributed by atoms with Gasteiger partial charge in [0.05, 0.1) is 7.11 Å². The van der Waals surface area contributed by atoms with Crippen LogP contribution in [0.5, 0.6) is 5.75 Å². The summed E-state index contributed by atoms with van der Waals surface area (Å²) in [6, 6.07) is 19.2. The Morgan fingerprint density at radius 1 is 0.885 bits per heavy atom. The molecule has 0 spiro atoms. The van der Waals surface area contributed by atoms with E-state index >= 15 is 0 Å². The third-order valence-electron chi connectivity index (χ3n) is 7.20. The molecule has 0 saturated heterocycles. The van der Waals surface area contributed by atoms with Crippen LogP contribution in [0.1, 0.15) is 31.4 Å². The first kappa shape index (κ1) is 15.8. The molecule has 2 aromatic rings. The van der Waals surface area contributed by atoms with Crippen LogP contribution < -0.4 is 4.74 Å². The van der Waals surface area contributed by atoms with Crippen molar-refractivity contribution in [2.24, 2.45) is 27.5 Å². The number of ether oxygens (including phenoxy) is 1. The maximum absolute atomic E-state index is 5.37. The Bertz CT molecular complexity index is 900. The fourth-order valence-electron chi connectivity index (χ4n) is 6.01. The number of rotatable bonds is 3. The number of allylic oxidation sites excluding steroid dienone is 1. The van der Waals surface area contributed by atoms with Crippen LogP contribution >= 0.6 is 0 Å². The quantitative estimate of drug-likeness (QED) is 0.678. The van der Waals surface area contributed by atoms with E-state index in [1.165, 1.54) is 11.1 Å². The van der Waals surface area contributed by atoms with Crippen molar-refractivity contribution in [1.29, 1.82) is 0 Å². The van der Waals surface area contributed by atoms with Crippen LogP contribution in [0.2, 0.25) is 0 Å². The van der Waals surface area contributed by atoms with Gasteiger partial charge in [-0.2, -0.15) is 10.2 Å². The molecule has 0 amide bonds. The molecule has 0 aromatic heterocycles. The maximum Gasteiger partial charge on any atom is 0.121 e. The molecule has 5 rings (SSSR count). The number of nitrogens with zero attached hydrogens (tertiary/aromatic N) is 2. The summed E-state index contributed by atoms with van der Waals surface area (Å²) < 4.78 is 5.37. The molecule has 2 bridgehead atoms. The number of hydrogen-bond acceptors (Lipinski definition) is 3. The van der Waals surface area contributed by atoms with Crippen molar-refractivity contribution in [1.82, 2.24) is 0 Å². The van der Waals surface area contributed by atoms with Gasteiger partial charge in [-0.15, -0.1) is 0 Å². The number of fused-ring (bicyclic) bond motifs is 5. The van der Waals surface area contributed by atoms with E-state index in [1.54, 1.807) is 7.11 Å². The van der Waals surface area contributed by atoms with E-state index in [2.05, 4.69) is 68.5 Å². The standard InChI is InChI=1S/C23H24N2O/c1-21(2)22(16-8-5-4-6-9-16)19-10-7-11-20(19)23(21,25-24-22)17-12-14-18(26-3)15-13-17/h4-9,11-15,19-20H,10H2,1-3H3/t19-,20+,22-,23+/m0/s1. The SMILES string of the molecule is COc1ccc([C@@]23N=N[C@@](c4ccccc4)([C@H]4CC=C[C@H]42)C3(C)C)cc1. The first-order valence-corrected chi connectivity index (χ1v) is 9.39. The molecule has 4 atom stereocenters. The number of methoxy groups -OCH3 is 1. The van der Waals surface area contributed by atoms with Crippen molar-refractivity contribution in [3.8, 4) is 5.75 Å². The molecule has 3 nitrogen and oxygen atoms in total. The summed E-state index contributed by atoms with van der Waals surface area (Å²) in [6.07, 6.45) is 5.79. The third-order valence-corrected chi connectivity index (χ3v) is 7.20. The van der Waals surface area contributed by atoms with Crippen LogP contribution in [0.3, 0.4) is 0 Å². The van der Waals surface area contributed by atoms with Crippen molar-refractivity contribution in [2.45, 2.75) is 31.3 Å². The van der Waals surface area contributed by atoms with Crippen LogP contribution in [0.15, 0.2) is 77.0 Å². The Balaban J connectivity index is 1.75. The summed E-state index contributed by atoms with van der Waals surface area (Å²) in [5, 5.41) is 10.1. The Labute approximate surface area is 154 Å². The largest absolute Gasteiger partial charge is 0.497 e. The van der Waals surface area contributed by atoms with E-state index in [1.807, 2.05) is 12.1 Å². The van der Waals surface area contributed by atoms with Crippen molar-refractivity contribution < 1.29 is 4.74 Å². The highest BCUT2D eigenvalue weighted by Gasteiger charge is 2.77. The average molecular weight is 344 g/mol. The highest BCUT2D eigenvalue weighted by molar-refractivity contribution is 5.48. The van der Waals surface area contributed by atoms with E-state index in [0.29, 0.717) is 11.8 Å². The molecule has 0 radical (unpaired) electrons. The van der Waals surface area contributed by atoms with Gasteiger partial charge in [0.15, 0.2) is 0 Å². The molecular weight excluding hydrogens is 320 g/mol. The second-order valence-corrected chi connectivity index (χ2v) is 8.25. The van der Waals surface area contributed by atoms with Crippen LogP contribution in [-0.4, -0.2) is 7.11 Å². The molecule has 1 aliphatic heterocycles. The lowest BCUT2D eigenvalue weighted by atomic mass is 9.61. The maximum atomic E-state index is 5.37. The topological polar surface area (TPSA) is 34.0 Å². The van der Waals surface area contributed by atoms with Gasteiger partial charge < -0.3 is 4.74 Å². The molecular formula is C23H24N2O. The van der Waals surface area contributed by atoms with Gasteiger partial charge in [-0.05, 0) is 29.7 Å². The summed E-state index contributed by atoms with van der Waals surface area (Å²) in [4.78, 5) is 0. The lowest BCUT2D eigenvalue weighted by Gasteiger charge is -2.41. The fourth-order valence-corrected chi connectivity index (χ4v) is 6.01. The monoisotopic (exact) mass is 344 g/mol. The van der Waals surface area contributed by atoms with Crippen LogP contribution in [0.25, 0.3) is 0 Å². The Morgan fingerprint density at radius 2 is 1.54 bits per heavy atom. The van der Waals surface area contributed by atoms with Gasteiger partial charge in [-0.3, -0.25) is 0 Å². The molecule has 0 unspecified atom stereocenters. The smallest absolute Gasteiger partial charge is 0.121 e. The van der Waals surface area contributed by atoms with Crippen molar-refractivity contribution in [3.63, 3.8) is 0 Å². The minimum absolute atomic E-state index is 0.115. The van der Waals surface area contributed by atoms with E-state index in [0.717, 1.165) is 12.2 Å². The zero-order valence-electron chi connectivity index (χ0n) is 15.5. The van der Waals surface area contributed by atoms with Crippen molar-refractivity contribution in [2.75, 3.05) is 7.11 Å². The predicted octanol–water partition coefficient (Wildman–Crippen LogP) is 5.48. The van der Waals surface area contributed by atoms with Gasteiger partial charge in [-0.1, -0.05) is 68.5 Å². The minimum Gasteiger partial charge on any atom is -0.497 e.